The van der Waals surface area contributed by atoms with Crippen LogP contribution in [0.1, 0.15) is 19.0 Å². The second-order valence-corrected chi connectivity index (χ2v) is 2.67. The Balaban J connectivity index is 2.66. The van der Waals surface area contributed by atoms with Gasteiger partial charge in [0.05, 0.1) is 12.7 Å². The summed E-state index contributed by atoms with van der Waals surface area (Å²) >= 11 is 0. The molecule has 0 radical (unpaired) electrons. The predicted octanol–water partition coefficient (Wildman–Crippen LogP) is 0.259. The van der Waals surface area contributed by atoms with Gasteiger partial charge in [0.25, 0.3) is 0 Å². The van der Waals surface area contributed by atoms with Crippen molar-refractivity contribution < 1.29 is 0 Å². The molecule has 0 aliphatic carbocycles. The van der Waals surface area contributed by atoms with E-state index in [1.54, 1.807) is 6.20 Å². The normalized spacial score (nSPS) is 9.38. The maximum absolute atomic E-state index is 3.93. The third kappa shape index (κ3) is 2.88. The van der Waals surface area contributed by atoms with Gasteiger partial charge in [-0.25, -0.2) is 4.68 Å². The van der Waals surface area contributed by atoms with Crippen LogP contribution in [0.15, 0.2) is 6.20 Å². The molecule has 13 heavy (non-hydrogen) atoms. The highest BCUT2D eigenvalue weighted by Crippen LogP contribution is 1.94. The first-order chi connectivity index (χ1) is 6.38. The predicted molar refractivity (Wildman–Crippen MR) is 51.1 cm³/mol. The molecule has 0 aliphatic heterocycles. The van der Waals surface area contributed by atoms with Gasteiger partial charge in [-0.3, -0.25) is 0 Å². The summed E-state index contributed by atoms with van der Waals surface area (Å²) < 4.78 is 1.82. The van der Waals surface area contributed by atoms with Crippen LogP contribution in [0.2, 0.25) is 0 Å². The van der Waals surface area contributed by atoms with E-state index in [1.807, 2.05) is 11.7 Å². The van der Waals surface area contributed by atoms with Gasteiger partial charge >= 0.3 is 0 Å². The molecule has 1 N–H and O–H groups in total. The maximum atomic E-state index is 3.93. The molecule has 0 aromatic carbocycles. The van der Waals surface area contributed by atoms with Crippen molar-refractivity contribution in [2.45, 2.75) is 19.9 Å². The van der Waals surface area contributed by atoms with E-state index in [0.717, 1.165) is 18.7 Å². The van der Waals surface area contributed by atoms with Crippen molar-refractivity contribution in [1.29, 1.82) is 0 Å². The zero-order chi connectivity index (χ0) is 9.52. The van der Waals surface area contributed by atoms with Crippen LogP contribution in [-0.4, -0.2) is 28.6 Å². The fraction of sp³-hybridized carbons (Fsp3) is 0.556. The SMILES string of the molecule is CCCn1nncc1C#CCNC. The van der Waals surface area contributed by atoms with E-state index in [9.17, 15) is 0 Å². The van der Waals surface area contributed by atoms with E-state index in [2.05, 4.69) is 34.4 Å². The molecule has 0 saturated heterocycles. The summed E-state index contributed by atoms with van der Waals surface area (Å²) in [6, 6.07) is 0. The Morgan fingerprint density at radius 1 is 1.62 bits per heavy atom. The molecule has 4 nitrogen and oxygen atoms in total. The van der Waals surface area contributed by atoms with Crippen molar-refractivity contribution in [3.8, 4) is 11.8 Å². The molecule has 1 rings (SSSR count). The Bertz CT molecular complexity index is 305. The fourth-order valence-electron chi connectivity index (χ4n) is 0.955. The smallest absolute Gasteiger partial charge is 0.131 e. The summed E-state index contributed by atoms with van der Waals surface area (Å²) in [6.07, 6.45) is 2.74. The van der Waals surface area contributed by atoms with Gasteiger partial charge in [-0.05, 0) is 19.4 Å². The van der Waals surface area contributed by atoms with Crippen LogP contribution in [-0.2, 0) is 6.54 Å². The van der Waals surface area contributed by atoms with Crippen LogP contribution in [0.4, 0.5) is 0 Å². The first-order valence-electron chi connectivity index (χ1n) is 4.40. The number of hydrogen-bond donors (Lipinski definition) is 1. The minimum absolute atomic E-state index is 0.692. The van der Waals surface area contributed by atoms with E-state index in [-0.39, 0.29) is 0 Å². The Kier molecular flexibility index (Phi) is 4.00. The molecule has 0 bridgehead atoms. The average Bonchev–Trinajstić information content (AvgIpc) is 2.54. The second-order valence-electron chi connectivity index (χ2n) is 2.67. The number of nitrogens with zero attached hydrogens (tertiary/aromatic N) is 3. The first kappa shape index (κ1) is 9.75. The van der Waals surface area contributed by atoms with Gasteiger partial charge in [0, 0.05) is 6.54 Å². The van der Waals surface area contributed by atoms with Crippen LogP contribution in [0, 0.1) is 11.8 Å². The van der Waals surface area contributed by atoms with Gasteiger partial charge in [-0.1, -0.05) is 18.1 Å². The molecule has 0 spiro atoms. The first-order valence-corrected chi connectivity index (χ1v) is 4.40. The van der Waals surface area contributed by atoms with Crippen LogP contribution in [0.25, 0.3) is 0 Å². The van der Waals surface area contributed by atoms with Gasteiger partial charge in [0.1, 0.15) is 5.69 Å². The molecule has 70 valence electrons. The lowest BCUT2D eigenvalue weighted by atomic mass is 10.4. The molecule has 0 saturated carbocycles. The van der Waals surface area contributed by atoms with Crippen LogP contribution in [0.5, 0.6) is 0 Å². The molecule has 0 fully saturated rings. The van der Waals surface area contributed by atoms with E-state index < -0.39 is 0 Å². The van der Waals surface area contributed by atoms with Crippen molar-refractivity contribution >= 4 is 0 Å². The molecule has 1 aromatic heterocycles. The monoisotopic (exact) mass is 178 g/mol. The average molecular weight is 178 g/mol. The highest BCUT2D eigenvalue weighted by atomic mass is 15.4. The Morgan fingerprint density at radius 2 is 2.46 bits per heavy atom. The van der Waals surface area contributed by atoms with E-state index in [1.165, 1.54) is 0 Å². The quantitative estimate of drug-likeness (QED) is 0.675. The van der Waals surface area contributed by atoms with Crippen molar-refractivity contribution in [3.05, 3.63) is 11.9 Å². The summed E-state index contributed by atoms with van der Waals surface area (Å²) in [6.45, 7) is 3.67. The zero-order valence-corrected chi connectivity index (χ0v) is 8.04. The maximum Gasteiger partial charge on any atom is 0.131 e. The molecule has 0 unspecified atom stereocenters. The van der Waals surface area contributed by atoms with Crippen molar-refractivity contribution in [2.24, 2.45) is 0 Å². The minimum Gasteiger partial charge on any atom is -0.309 e. The molecule has 4 heteroatoms. The third-order valence-corrected chi connectivity index (χ3v) is 1.53. The molecule has 0 atom stereocenters. The van der Waals surface area contributed by atoms with Gasteiger partial charge in [-0.2, -0.15) is 0 Å². The minimum atomic E-state index is 0.692. The van der Waals surface area contributed by atoms with Gasteiger partial charge in [-0.15, -0.1) is 5.10 Å². The summed E-state index contributed by atoms with van der Waals surface area (Å²) in [5.74, 6) is 5.98. The molecule has 0 aliphatic rings. The Hall–Kier alpha value is -1.34. The number of rotatable bonds is 3. The lowest BCUT2D eigenvalue weighted by Gasteiger charge is -1.96. The molecular formula is C9H14N4. The lowest BCUT2D eigenvalue weighted by Crippen LogP contribution is -2.05. The largest absolute Gasteiger partial charge is 0.309 e. The van der Waals surface area contributed by atoms with Crippen molar-refractivity contribution in [1.82, 2.24) is 20.3 Å². The number of aryl methyl sites for hydroxylation is 1. The van der Waals surface area contributed by atoms with Crippen LogP contribution >= 0.6 is 0 Å². The van der Waals surface area contributed by atoms with Gasteiger partial charge in [0.15, 0.2) is 0 Å². The number of nitrogens with one attached hydrogen (secondary N) is 1. The molecular weight excluding hydrogens is 164 g/mol. The van der Waals surface area contributed by atoms with E-state index >= 15 is 0 Å². The third-order valence-electron chi connectivity index (χ3n) is 1.53. The summed E-state index contributed by atoms with van der Waals surface area (Å²) in [5, 5.41) is 10.7. The van der Waals surface area contributed by atoms with Crippen LogP contribution in [0.3, 0.4) is 0 Å². The topological polar surface area (TPSA) is 42.7 Å². The van der Waals surface area contributed by atoms with Crippen molar-refractivity contribution in [3.63, 3.8) is 0 Å². The van der Waals surface area contributed by atoms with E-state index in [4.69, 9.17) is 0 Å². The molecule has 1 aromatic rings. The number of hydrogen-bond acceptors (Lipinski definition) is 3. The van der Waals surface area contributed by atoms with E-state index in [0.29, 0.717) is 6.54 Å². The highest BCUT2D eigenvalue weighted by Gasteiger charge is 1.97. The Labute approximate surface area is 78.3 Å². The zero-order valence-electron chi connectivity index (χ0n) is 8.04. The Morgan fingerprint density at radius 3 is 3.15 bits per heavy atom. The summed E-state index contributed by atoms with van der Waals surface area (Å²) in [7, 11) is 1.87. The fourth-order valence-corrected chi connectivity index (χ4v) is 0.955. The van der Waals surface area contributed by atoms with Crippen molar-refractivity contribution in [2.75, 3.05) is 13.6 Å². The lowest BCUT2D eigenvalue weighted by molar-refractivity contribution is 0.574. The van der Waals surface area contributed by atoms with Gasteiger partial charge < -0.3 is 5.32 Å². The molecule has 0 amide bonds. The molecule has 1 heterocycles. The summed E-state index contributed by atoms with van der Waals surface area (Å²) in [5.41, 5.74) is 0.886. The number of aromatic nitrogens is 3. The van der Waals surface area contributed by atoms with Crippen LogP contribution < -0.4 is 5.32 Å². The summed E-state index contributed by atoms with van der Waals surface area (Å²) in [4.78, 5) is 0. The standard InChI is InChI=1S/C9H14N4/c1-3-7-13-9(8-11-12-13)5-4-6-10-2/h8,10H,3,6-7H2,1-2H3. The second kappa shape index (κ2) is 5.33. The van der Waals surface area contributed by atoms with Gasteiger partial charge in [0.2, 0.25) is 0 Å². The highest BCUT2D eigenvalue weighted by molar-refractivity contribution is 5.25.